The van der Waals surface area contributed by atoms with Gasteiger partial charge in [0.05, 0.1) is 0 Å². The summed E-state index contributed by atoms with van der Waals surface area (Å²) in [6.45, 7) is 0. The molecule has 0 bridgehead atoms. The summed E-state index contributed by atoms with van der Waals surface area (Å²) in [6, 6.07) is 0. The molecule has 1 atom stereocenters. The summed E-state index contributed by atoms with van der Waals surface area (Å²) in [5, 5.41) is 0. The zero-order valence-corrected chi connectivity index (χ0v) is 10.9. The Morgan fingerprint density at radius 2 is 1.69 bits per heavy atom. The summed E-state index contributed by atoms with van der Waals surface area (Å²) in [5.41, 5.74) is 2.30. The Bertz CT molecular complexity index is 401. The van der Waals surface area contributed by atoms with E-state index in [-0.39, 0.29) is 19.0 Å². The predicted molar refractivity (Wildman–Crippen MR) is 58.0 cm³/mol. The first-order chi connectivity index (χ1) is 7.14. The minimum absolute atomic E-state index is 0.0947. The molecule has 0 amide bonds. The van der Waals surface area contributed by atoms with Crippen molar-refractivity contribution in [3.63, 3.8) is 0 Å². The van der Waals surface area contributed by atoms with E-state index in [4.69, 9.17) is 19.6 Å². The van der Waals surface area contributed by atoms with Gasteiger partial charge in [0.2, 0.25) is 0 Å². The monoisotopic (exact) mass is 290 g/mol. The van der Waals surface area contributed by atoms with Crippen molar-refractivity contribution in [1.29, 1.82) is 0 Å². The van der Waals surface area contributed by atoms with E-state index in [0.717, 1.165) is 0 Å². The van der Waals surface area contributed by atoms with Crippen molar-refractivity contribution < 1.29 is 33.3 Å². The number of hydrogen-bond acceptors (Lipinski definition) is 3. The summed E-state index contributed by atoms with van der Waals surface area (Å²) in [7, 11) is -8.80. The molecule has 0 aromatic carbocycles. The van der Waals surface area contributed by atoms with Gasteiger partial charge in [0.15, 0.2) is 0 Å². The fourth-order valence-corrected chi connectivity index (χ4v) is 3.06. The van der Waals surface area contributed by atoms with E-state index in [9.17, 15) is 13.7 Å². The first kappa shape index (κ1) is 16.3. The van der Waals surface area contributed by atoms with Crippen LogP contribution in [0.1, 0.15) is 12.8 Å². The molecular weight excluding hydrogens is 277 g/mol. The minimum atomic E-state index is -4.23. The Labute approximate surface area is 93.7 Å². The molecule has 4 N–H and O–H groups in total. The Balaban J connectivity index is 4.25. The summed E-state index contributed by atoms with van der Waals surface area (Å²) in [4.78, 5) is 34.5. The van der Waals surface area contributed by atoms with Gasteiger partial charge in [-0.2, -0.15) is 0 Å². The van der Waals surface area contributed by atoms with Crippen LogP contribution in [0.3, 0.4) is 0 Å². The molecule has 0 aliphatic heterocycles. The molecule has 0 heterocycles. The molecule has 1 unspecified atom stereocenters. The van der Waals surface area contributed by atoms with E-state index >= 15 is 0 Å². The van der Waals surface area contributed by atoms with Gasteiger partial charge in [-0.25, -0.2) is 0 Å². The van der Waals surface area contributed by atoms with Gasteiger partial charge in [-0.05, 0) is 0 Å². The van der Waals surface area contributed by atoms with Crippen LogP contribution in [0.5, 0.6) is 0 Å². The molecule has 0 aromatic heterocycles. The summed E-state index contributed by atoms with van der Waals surface area (Å²) in [6.07, 6.45) is -0.644. The zero-order chi connectivity index (χ0) is 12.8. The second kappa shape index (κ2) is 6.90. The molecule has 0 saturated heterocycles. The fourth-order valence-electron chi connectivity index (χ4n) is 1.10. The van der Waals surface area contributed by atoms with E-state index in [0.29, 0.717) is 0 Å². The van der Waals surface area contributed by atoms with Crippen molar-refractivity contribution in [2.45, 2.75) is 12.8 Å². The predicted octanol–water partition coefficient (Wildman–Crippen LogP) is 0.989. The molecule has 7 nitrogen and oxygen atoms in total. The Morgan fingerprint density at radius 1 is 1.12 bits per heavy atom. The molecule has 0 radical (unpaired) electrons. The van der Waals surface area contributed by atoms with Crippen molar-refractivity contribution in [2.75, 3.05) is 12.3 Å². The molecular formula is C6H13O7P3. The number of rotatable bonds is 6. The molecule has 0 aromatic rings. The van der Waals surface area contributed by atoms with E-state index in [1.165, 1.54) is 0 Å². The van der Waals surface area contributed by atoms with Gasteiger partial charge in [0, 0.05) is 0 Å². The summed E-state index contributed by atoms with van der Waals surface area (Å²) >= 11 is 0. The second-order valence-electron chi connectivity index (χ2n) is 3.30. The van der Waals surface area contributed by atoms with Crippen LogP contribution in [0, 0.1) is 11.5 Å². The third-order valence-corrected chi connectivity index (χ3v) is 3.98. The number of hydrogen-bond donors (Lipinski definition) is 4. The first-order valence-electron chi connectivity index (χ1n) is 4.31. The third-order valence-electron chi connectivity index (χ3n) is 1.70. The topological polar surface area (TPSA) is 132 Å². The maximum atomic E-state index is 10.7. The SMILES string of the molecule is O=P#CC(CCCP(=O)(O)O)CP(=O)(O)O. The second-order valence-corrected chi connectivity index (χ2v) is 7.21. The summed E-state index contributed by atoms with van der Waals surface area (Å²) < 4.78 is 31.4. The van der Waals surface area contributed by atoms with Gasteiger partial charge in [-0.15, -0.1) is 0 Å². The molecule has 0 rings (SSSR count). The van der Waals surface area contributed by atoms with Gasteiger partial charge in [-0.3, -0.25) is 0 Å². The van der Waals surface area contributed by atoms with Crippen molar-refractivity contribution in [3.05, 3.63) is 0 Å². The van der Waals surface area contributed by atoms with Crippen LogP contribution in [-0.2, 0) is 13.7 Å². The molecule has 0 spiro atoms. The van der Waals surface area contributed by atoms with Crippen molar-refractivity contribution in [1.82, 2.24) is 0 Å². The molecule has 0 aliphatic carbocycles. The fraction of sp³-hybridized carbons (Fsp3) is 0.833. The van der Waals surface area contributed by atoms with Crippen LogP contribution in [0.25, 0.3) is 0 Å². The van der Waals surface area contributed by atoms with Crippen molar-refractivity contribution in [3.8, 4) is 5.63 Å². The van der Waals surface area contributed by atoms with Crippen molar-refractivity contribution >= 4 is 23.1 Å². The zero-order valence-electron chi connectivity index (χ0n) is 8.26. The maximum absolute atomic E-state index is 10.7. The molecule has 16 heavy (non-hydrogen) atoms. The van der Waals surface area contributed by atoms with Crippen LogP contribution in [0.4, 0.5) is 0 Å². The van der Waals surface area contributed by atoms with Crippen LogP contribution in [0.2, 0.25) is 0 Å². The molecule has 0 saturated carbocycles. The van der Waals surface area contributed by atoms with Gasteiger partial charge in [-0.1, -0.05) is 0 Å². The molecule has 0 fully saturated rings. The van der Waals surface area contributed by atoms with Gasteiger partial charge >= 0.3 is 93.1 Å². The molecule has 94 valence electrons. The average molecular weight is 290 g/mol. The van der Waals surface area contributed by atoms with Crippen LogP contribution in [-0.4, -0.2) is 31.9 Å². The van der Waals surface area contributed by atoms with Gasteiger partial charge in [0.1, 0.15) is 0 Å². The van der Waals surface area contributed by atoms with E-state index < -0.39 is 35.2 Å². The Kier molecular flexibility index (Phi) is 7.04. The molecule has 0 aliphatic rings. The van der Waals surface area contributed by atoms with Crippen LogP contribution >= 0.6 is 23.1 Å². The van der Waals surface area contributed by atoms with E-state index in [2.05, 4.69) is 5.63 Å². The van der Waals surface area contributed by atoms with E-state index in [1.54, 1.807) is 0 Å². The van der Waals surface area contributed by atoms with Gasteiger partial charge < -0.3 is 0 Å². The standard InChI is InChI=1S/C6H13O7P3/c7-14-4-6(5-16(11,12)13)2-1-3-15(8,9)10/h6H,1-3,5H2,(H2,8,9,10)(H2,11,12,13). The third kappa shape index (κ3) is 10.8. The first-order valence-corrected chi connectivity index (χ1v) is 8.72. The van der Waals surface area contributed by atoms with E-state index in [1.807, 2.05) is 0 Å². The van der Waals surface area contributed by atoms with Crippen LogP contribution < -0.4 is 0 Å². The Hall–Kier alpha value is 0.310. The molecule has 10 heteroatoms. The van der Waals surface area contributed by atoms with Crippen LogP contribution in [0.15, 0.2) is 0 Å². The summed E-state index contributed by atoms with van der Waals surface area (Å²) in [5.74, 6) is -0.730. The average Bonchev–Trinajstić information content (AvgIpc) is 1.98. The Morgan fingerprint density at radius 3 is 2.06 bits per heavy atom. The quantitative estimate of drug-likeness (QED) is 0.536. The van der Waals surface area contributed by atoms with Gasteiger partial charge in [0.25, 0.3) is 0 Å². The van der Waals surface area contributed by atoms with Crippen molar-refractivity contribution in [2.24, 2.45) is 5.92 Å². The normalized spacial score (nSPS) is 14.2.